The molecule has 0 saturated heterocycles. The molecule has 20 heavy (non-hydrogen) atoms. The number of benzene rings is 2. The van der Waals surface area contributed by atoms with Crippen molar-refractivity contribution in [1.82, 2.24) is 0 Å². The van der Waals surface area contributed by atoms with Crippen LogP contribution in [0.5, 0.6) is 5.75 Å². The van der Waals surface area contributed by atoms with Gasteiger partial charge in [-0.25, -0.2) is 17.6 Å². The number of rotatable bonds is 2. The van der Waals surface area contributed by atoms with Gasteiger partial charge in [0, 0.05) is 12.1 Å². The zero-order valence-electron chi connectivity index (χ0n) is 9.75. The smallest absolute Gasteiger partial charge is 0.262 e. The minimum atomic E-state index is -1.35. The molecule has 0 fully saturated rings. The van der Waals surface area contributed by atoms with Crippen LogP contribution in [0.3, 0.4) is 0 Å². The first-order valence-corrected chi connectivity index (χ1v) is 5.33. The Morgan fingerprint density at radius 2 is 1.60 bits per heavy atom. The molecule has 3 nitrogen and oxygen atoms in total. The molecule has 0 atom stereocenters. The van der Waals surface area contributed by atoms with E-state index in [1.165, 1.54) is 0 Å². The van der Waals surface area contributed by atoms with E-state index in [4.69, 9.17) is 0 Å². The lowest BCUT2D eigenvalue weighted by Gasteiger charge is -2.09. The summed E-state index contributed by atoms with van der Waals surface area (Å²) in [6, 6.07) is 3.81. The minimum absolute atomic E-state index is 0.361. The molecule has 0 saturated carbocycles. The van der Waals surface area contributed by atoms with Crippen molar-refractivity contribution in [1.29, 1.82) is 0 Å². The summed E-state index contributed by atoms with van der Waals surface area (Å²) < 4.78 is 52.8. The Morgan fingerprint density at radius 1 is 1.00 bits per heavy atom. The van der Waals surface area contributed by atoms with E-state index in [1.807, 2.05) is 0 Å². The Kier molecular flexibility index (Phi) is 3.60. The fourth-order valence-corrected chi connectivity index (χ4v) is 1.58. The second-order valence-corrected chi connectivity index (χ2v) is 3.83. The number of anilines is 1. The molecule has 0 aromatic heterocycles. The van der Waals surface area contributed by atoms with E-state index >= 15 is 0 Å². The van der Waals surface area contributed by atoms with Crippen molar-refractivity contribution in [2.24, 2.45) is 0 Å². The van der Waals surface area contributed by atoms with Crippen LogP contribution in [0.1, 0.15) is 10.4 Å². The highest BCUT2D eigenvalue weighted by Gasteiger charge is 2.20. The van der Waals surface area contributed by atoms with Crippen molar-refractivity contribution < 1.29 is 27.5 Å². The van der Waals surface area contributed by atoms with Gasteiger partial charge in [0.1, 0.15) is 28.6 Å². The zero-order valence-corrected chi connectivity index (χ0v) is 9.75. The highest BCUT2D eigenvalue weighted by molar-refractivity contribution is 6.06. The number of halogens is 4. The monoisotopic (exact) mass is 285 g/mol. The lowest BCUT2D eigenvalue weighted by molar-refractivity contribution is 0.101. The molecule has 0 bridgehead atoms. The molecule has 0 spiro atoms. The summed E-state index contributed by atoms with van der Waals surface area (Å²) in [7, 11) is 0. The summed E-state index contributed by atoms with van der Waals surface area (Å²) in [5, 5.41) is 11.1. The lowest BCUT2D eigenvalue weighted by Crippen LogP contribution is -2.16. The van der Waals surface area contributed by atoms with E-state index in [0.717, 1.165) is 18.2 Å². The third kappa shape index (κ3) is 2.56. The van der Waals surface area contributed by atoms with Crippen molar-refractivity contribution in [2.45, 2.75) is 0 Å². The molecule has 0 aliphatic carbocycles. The zero-order chi connectivity index (χ0) is 14.9. The van der Waals surface area contributed by atoms with Gasteiger partial charge >= 0.3 is 0 Å². The molecule has 2 rings (SSSR count). The van der Waals surface area contributed by atoms with Crippen LogP contribution in [0, 0.1) is 23.3 Å². The molecule has 0 aliphatic rings. The van der Waals surface area contributed by atoms with Crippen LogP contribution in [-0.2, 0) is 0 Å². The SMILES string of the molecule is O=C(Nc1c(F)cc(F)cc1F)c1c(O)cccc1F. The first-order valence-electron chi connectivity index (χ1n) is 5.33. The highest BCUT2D eigenvalue weighted by Crippen LogP contribution is 2.24. The number of phenolic OH excluding ortho intramolecular Hbond substituents is 1. The maximum absolute atomic E-state index is 13.4. The van der Waals surface area contributed by atoms with Crippen LogP contribution in [0.2, 0.25) is 0 Å². The number of aromatic hydroxyl groups is 1. The fraction of sp³-hybridized carbons (Fsp3) is 0. The van der Waals surface area contributed by atoms with Gasteiger partial charge in [-0.05, 0) is 12.1 Å². The van der Waals surface area contributed by atoms with Crippen LogP contribution in [-0.4, -0.2) is 11.0 Å². The Morgan fingerprint density at radius 3 is 2.15 bits per heavy atom. The number of amides is 1. The molecule has 104 valence electrons. The predicted octanol–water partition coefficient (Wildman–Crippen LogP) is 3.20. The quantitative estimate of drug-likeness (QED) is 0.832. The number of carbonyl (C=O) groups is 1. The van der Waals surface area contributed by atoms with Crippen molar-refractivity contribution in [3.63, 3.8) is 0 Å². The average Bonchev–Trinajstić information content (AvgIpc) is 2.33. The van der Waals surface area contributed by atoms with E-state index in [1.54, 1.807) is 5.32 Å². The summed E-state index contributed by atoms with van der Waals surface area (Å²) in [6.07, 6.45) is 0. The van der Waals surface area contributed by atoms with Gasteiger partial charge in [-0.15, -0.1) is 0 Å². The van der Waals surface area contributed by atoms with Gasteiger partial charge < -0.3 is 10.4 Å². The van der Waals surface area contributed by atoms with Gasteiger partial charge in [0.25, 0.3) is 5.91 Å². The Labute approximate surface area is 110 Å². The Bertz CT molecular complexity index is 645. The second kappa shape index (κ2) is 5.20. The summed E-state index contributed by atoms with van der Waals surface area (Å²) in [6.45, 7) is 0. The Hall–Kier alpha value is -2.57. The third-order valence-electron chi connectivity index (χ3n) is 2.46. The lowest BCUT2D eigenvalue weighted by atomic mass is 10.1. The largest absolute Gasteiger partial charge is 0.507 e. The summed E-state index contributed by atoms with van der Waals surface area (Å²) in [5.74, 6) is -6.88. The molecule has 7 heteroatoms. The van der Waals surface area contributed by atoms with Crippen LogP contribution in [0.15, 0.2) is 30.3 Å². The predicted molar refractivity (Wildman–Crippen MR) is 62.3 cm³/mol. The van der Waals surface area contributed by atoms with Crippen molar-refractivity contribution in [3.05, 3.63) is 59.2 Å². The molecular formula is C13H7F4NO2. The summed E-state index contributed by atoms with van der Waals surface area (Å²) in [4.78, 5) is 11.7. The van der Waals surface area contributed by atoms with Gasteiger partial charge in [0.2, 0.25) is 0 Å². The first kappa shape index (κ1) is 13.9. The summed E-state index contributed by atoms with van der Waals surface area (Å²) >= 11 is 0. The highest BCUT2D eigenvalue weighted by atomic mass is 19.1. The van der Waals surface area contributed by atoms with Gasteiger partial charge in [-0.1, -0.05) is 6.07 Å². The van der Waals surface area contributed by atoms with E-state index < -0.39 is 46.2 Å². The van der Waals surface area contributed by atoms with E-state index in [9.17, 15) is 27.5 Å². The molecule has 1 amide bonds. The van der Waals surface area contributed by atoms with Gasteiger partial charge in [0.05, 0.1) is 0 Å². The molecule has 2 aromatic carbocycles. The summed E-state index contributed by atoms with van der Waals surface area (Å²) in [5.41, 5.74) is -1.70. The standard InChI is InChI=1S/C13H7F4NO2/c14-6-4-8(16)12(9(17)5-6)18-13(20)11-7(15)2-1-3-10(11)19/h1-5,19H,(H,18,20). The second-order valence-electron chi connectivity index (χ2n) is 3.83. The number of hydrogen-bond donors (Lipinski definition) is 2. The molecule has 0 unspecified atom stereocenters. The van der Waals surface area contributed by atoms with Crippen LogP contribution >= 0.6 is 0 Å². The van der Waals surface area contributed by atoms with Gasteiger partial charge in [-0.3, -0.25) is 4.79 Å². The molecule has 0 radical (unpaired) electrons. The van der Waals surface area contributed by atoms with E-state index in [0.29, 0.717) is 12.1 Å². The van der Waals surface area contributed by atoms with Crippen LogP contribution in [0.25, 0.3) is 0 Å². The number of hydrogen-bond acceptors (Lipinski definition) is 2. The fourth-order valence-electron chi connectivity index (χ4n) is 1.58. The molecule has 0 heterocycles. The van der Waals surface area contributed by atoms with Crippen molar-refractivity contribution in [2.75, 3.05) is 5.32 Å². The number of phenols is 1. The van der Waals surface area contributed by atoms with E-state index in [-0.39, 0.29) is 0 Å². The maximum Gasteiger partial charge on any atom is 0.262 e. The first-order chi connectivity index (χ1) is 9.40. The number of carbonyl (C=O) groups excluding carboxylic acids is 1. The normalized spacial score (nSPS) is 10.4. The molecule has 2 aromatic rings. The molecule has 0 aliphatic heterocycles. The van der Waals surface area contributed by atoms with Crippen molar-refractivity contribution >= 4 is 11.6 Å². The van der Waals surface area contributed by atoms with Crippen LogP contribution in [0.4, 0.5) is 23.2 Å². The average molecular weight is 285 g/mol. The van der Waals surface area contributed by atoms with Crippen LogP contribution < -0.4 is 5.32 Å². The van der Waals surface area contributed by atoms with E-state index in [2.05, 4.69) is 0 Å². The minimum Gasteiger partial charge on any atom is -0.507 e. The van der Waals surface area contributed by atoms with Gasteiger partial charge in [-0.2, -0.15) is 0 Å². The topological polar surface area (TPSA) is 49.3 Å². The Balaban J connectivity index is 2.38. The maximum atomic E-state index is 13.4. The molecular weight excluding hydrogens is 278 g/mol. The number of nitrogens with one attached hydrogen (secondary N) is 1. The molecule has 2 N–H and O–H groups in total. The third-order valence-corrected chi connectivity index (χ3v) is 2.46. The van der Waals surface area contributed by atoms with Gasteiger partial charge in [0.15, 0.2) is 11.6 Å². The van der Waals surface area contributed by atoms with Crippen molar-refractivity contribution in [3.8, 4) is 5.75 Å².